The van der Waals surface area contributed by atoms with E-state index in [-0.39, 0.29) is 18.8 Å². The van der Waals surface area contributed by atoms with Gasteiger partial charge < -0.3 is 20.3 Å². The van der Waals surface area contributed by atoms with Gasteiger partial charge in [0.2, 0.25) is 0 Å². The Hall–Kier alpha value is -1.63. The molecule has 1 aliphatic heterocycles. The second kappa shape index (κ2) is 6.89. The van der Waals surface area contributed by atoms with Crippen molar-refractivity contribution in [3.8, 4) is 0 Å². The molecule has 6 nitrogen and oxygen atoms in total. The van der Waals surface area contributed by atoms with Gasteiger partial charge in [0.25, 0.3) is 0 Å². The first-order valence-corrected chi connectivity index (χ1v) is 6.99. The fraction of sp³-hybridized carbons (Fsp3) is 0.533. The van der Waals surface area contributed by atoms with Crippen LogP contribution in [0.1, 0.15) is 22.8 Å². The van der Waals surface area contributed by atoms with Gasteiger partial charge in [0.15, 0.2) is 0 Å². The Morgan fingerprint density at radius 2 is 2.33 bits per heavy atom. The molecule has 1 aliphatic rings. The van der Waals surface area contributed by atoms with E-state index in [0.717, 1.165) is 5.56 Å². The lowest BCUT2D eigenvalue weighted by molar-refractivity contribution is -0.0806. The molecule has 1 heterocycles. The van der Waals surface area contributed by atoms with E-state index in [1.807, 2.05) is 12.1 Å². The number of rotatable bonds is 4. The zero-order valence-electron chi connectivity index (χ0n) is 12.4. The molecule has 0 saturated carbocycles. The Morgan fingerprint density at radius 3 is 3.00 bits per heavy atom. The molecule has 1 saturated heterocycles. The summed E-state index contributed by atoms with van der Waals surface area (Å²) in [5.74, 6) is -0.428. The molecule has 1 aromatic carbocycles. The van der Waals surface area contributed by atoms with Crippen molar-refractivity contribution in [1.82, 2.24) is 4.90 Å². The Morgan fingerprint density at radius 1 is 1.57 bits per heavy atom. The Kier molecular flexibility index (Phi) is 5.17. The first kappa shape index (κ1) is 15.8. The second-order valence-electron chi connectivity index (χ2n) is 5.29. The van der Waals surface area contributed by atoms with Crippen LogP contribution in [0.4, 0.5) is 5.69 Å². The summed E-state index contributed by atoms with van der Waals surface area (Å²) in [6, 6.07) is 5.60. The maximum Gasteiger partial charge on any atom is 0.340 e. The molecule has 2 rings (SSSR count). The van der Waals surface area contributed by atoms with E-state index in [1.54, 1.807) is 6.07 Å². The molecule has 1 aromatic rings. The molecular formula is C15H22N2O4. The number of hydrogen-bond acceptors (Lipinski definition) is 6. The number of nitrogen functional groups attached to an aromatic ring is 1. The fourth-order valence-corrected chi connectivity index (χ4v) is 2.53. The van der Waals surface area contributed by atoms with Crippen LogP contribution in [0.3, 0.4) is 0 Å². The first-order chi connectivity index (χ1) is 10.1. The van der Waals surface area contributed by atoms with Gasteiger partial charge in [0.1, 0.15) is 0 Å². The number of nitrogens with zero attached hydrogens (tertiary/aromatic N) is 1. The summed E-state index contributed by atoms with van der Waals surface area (Å²) in [6.07, 6.45) is -0.191. The molecular weight excluding hydrogens is 272 g/mol. The summed E-state index contributed by atoms with van der Waals surface area (Å²) >= 11 is 0. The molecule has 2 unspecified atom stereocenters. The minimum Gasteiger partial charge on any atom is -0.465 e. The van der Waals surface area contributed by atoms with Crippen molar-refractivity contribution in [3.63, 3.8) is 0 Å². The molecule has 2 atom stereocenters. The highest BCUT2D eigenvalue weighted by Gasteiger charge is 2.27. The minimum atomic E-state index is -0.428. The van der Waals surface area contributed by atoms with E-state index >= 15 is 0 Å². The maximum atomic E-state index is 11.9. The van der Waals surface area contributed by atoms with Gasteiger partial charge in [-0.1, -0.05) is 12.1 Å². The molecule has 3 N–H and O–H groups in total. The zero-order chi connectivity index (χ0) is 15.4. The van der Waals surface area contributed by atoms with Gasteiger partial charge in [-0.15, -0.1) is 0 Å². The van der Waals surface area contributed by atoms with E-state index in [9.17, 15) is 9.90 Å². The number of carbonyl (C=O) groups excluding carboxylic acids is 1. The van der Waals surface area contributed by atoms with E-state index in [4.69, 9.17) is 15.2 Å². The highest BCUT2D eigenvalue weighted by atomic mass is 16.5. The monoisotopic (exact) mass is 294 g/mol. The lowest BCUT2D eigenvalue weighted by atomic mass is 10.0. The quantitative estimate of drug-likeness (QED) is 0.626. The highest BCUT2D eigenvalue weighted by Crippen LogP contribution is 2.22. The number of esters is 1. The predicted molar refractivity (Wildman–Crippen MR) is 78.9 cm³/mol. The Labute approximate surface area is 124 Å². The molecule has 1 fully saturated rings. The number of hydrogen-bond donors (Lipinski definition) is 2. The summed E-state index contributed by atoms with van der Waals surface area (Å²) in [5, 5.41) is 9.24. The standard InChI is InChI=1S/C15H22N2O4/c1-10-9-21-12(8-18)7-17(10)6-11-4-3-5-13(16)14(11)15(19)20-2/h3-5,10,12,18H,6-9,16H2,1-2H3. The van der Waals surface area contributed by atoms with E-state index in [0.29, 0.717) is 30.9 Å². The van der Waals surface area contributed by atoms with Crippen LogP contribution >= 0.6 is 0 Å². The molecule has 6 heteroatoms. The third kappa shape index (κ3) is 3.53. The van der Waals surface area contributed by atoms with Crippen molar-refractivity contribution in [2.75, 3.05) is 32.6 Å². The van der Waals surface area contributed by atoms with Crippen LogP contribution in [0.5, 0.6) is 0 Å². The number of morpholine rings is 1. The number of ether oxygens (including phenoxy) is 2. The van der Waals surface area contributed by atoms with Gasteiger partial charge in [-0.3, -0.25) is 4.90 Å². The van der Waals surface area contributed by atoms with Gasteiger partial charge in [-0.2, -0.15) is 0 Å². The van der Waals surface area contributed by atoms with Gasteiger partial charge in [0.05, 0.1) is 32.0 Å². The summed E-state index contributed by atoms with van der Waals surface area (Å²) in [5.41, 5.74) is 7.56. The molecule has 0 aliphatic carbocycles. The van der Waals surface area contributed by atoms with Crippen molar-refractivity contribution >= 4 is 11.7 Å². The van der Waals surface area contributed by atoms with E-state index in [2.05, 4.69) is 11.8 Å². The molecule has 0 aromatic heterocycles. The van der Waals surface area contributed by atoms with Crippen molar-refractivity contribution in [2.45, 2.75) is 25.6 Å². The van der Waals surface area contributed by atoms with Gasteiger partial charge in [-0.05, 0) is 18.6 Å². The van der Waals surface area contributed by atoms with Crippen LogP contribution in [-0.4, -0.2) is 55.0 Å². The number of nitrogens with two attached hydrogens (primary N) is 1. The maximum absolute atomic E-state index is 11.9. The second-order valence-corrected chi connectivity index (χ2v) is 5.29. The third-order valence-electron chi connectivity index (χ3n) is 3.78. The summed E-state index contributed by atoms with van der Waals surface area (Å²) in [7, 11) is 1.34. The smallest absolute Gasteiger partial charge is 0.340 e. The van der Waals surface area contributed by atoms with Gasteiger partial charge in [-0.25, -0.2) is 4.79 Å². The normalized spacial score (nSPS) is 23.0. The van der Waals surface area contributed by atoms with Gasteiger partial charge >= 0.3 is 5.97 Å². The van der Waals surface area contributed by atoms with Crippen LogP contribution in [-0.2, 0) is 16.0 Å². The van der Waals surface area contributed by atoms with Crippen molar-refractivity contribution < 1.29 is 19.4 Å². The Balaban J connectivity index is 2.22. The van der Waals surface area contributed by atoms with Crippen molar-refractivity contribution in [3.05, 3.63) is 29.3 Å². The average Bonchev–Trinajstić information content (AvgIpc) is 2.49. The number of aliphatic hydroxyl groups excluding tert-OH is 1. The van der Waals surface area contributed by atoms with Crippen LogP contribution in [0.2, 0.25) is 0 Å². The highest BCUT2D eigenvalue weighted by molar-refractivity contribution is 5.96. The van der Waals surface area contributed by atoms with Crippen LogP contribution in [0, 0.1) is 0 Å². The van der Waals surface area contributed by atoms with E-state index < -0.39 is 5.97 Å². The molecule has 0 bridgehead atoms. The molecule has 0 radical (unpaired) electrons. The predicted octanol–water partition coefficient (Wildman–Crippen LogP) is 0.637. The number of carbonyl (C=O) groups is 1. The summed E-state index contributed by atoms with van der Waals surface area (Å²) in [4.78, 5) is 14.1. The lowest BCUT2D eigenvalue weighted by Crippen LogP contribution is -2.49. The van der Waals surface area contributed by atoms with Gasteiger partial charge in [0, 0.05) is 24.8 Å². The number of aliphatic hydroxyl groups is 1. The number of anilines is 1. The minimum absolute atomic E-state index is 0.00991. The fourth-order valence-electron chi connectivity index (χ4n) is 2.53. The van der Waals surface area contributed by atoms with Crippen molar-refractivity contribution in [1.29, 1.82) is 0 Å². The van der Waals surface area contributed by atoms with E-state index in [1.165, 1.54) is 7.11 Å². The SMILES string of the molecule is COC(=O)c1c(N)cccc1CN1CC(CO)OCC1C. The molecule has 0 amide bonds. The van der Waals surface area contributed by atoms with Crippen LogP contribution < -0.4 is 5.73 Å². The number of benzene rings is 1. The lowest BCUT2D eigenvalue weighted by Gasteiger charge is -2.37. The summed E-state index contributed by atoms with van der Waals surface area (Å²) in [6.45, 7) is 3.78. The molecule has 116 valence electrons. The molecule has 21 heavy (non-hydrogen) atoms. The van der Waals surface area contributed by atoms with Crippen LogP contribution in [0.15, 0.2) is 18.2 Å². The van der Waals surface area contributed by atoms with Crippen molar-refractivity contribution in [2.24, 2.45) is 0 Å². The topological polar surface area (TPSA) is 85.0 Å². The largest absolute Gasteiger partial charge is 0.465 e. The number of methoxy groups -OCH3 is 1. The zero-order valence-corrected chi connectivity index (χ0v) is 12.4. The Bertz CT molecular complexity index is 506. The molecule has 0 spiro atoms. The first-order valence-electron chi connectivity index (χ1n) is 6.99. The average molecular weight is 294 g/mol. The third-order valence-corrected chi connectivity index (χ3v) is 3.78. The summed E-state index contributed by atoms with van der Waals surface area (Å²) < 4.78 is 10.3. The van der Waals surface area contributed by atoms with Crippen LogP contribution in [0.25, 0.3) is 0 Å².